The zero-order valence-corrected chi connectivity index (χ0v) is 11.3. The number of aromatic nitrogens is 2. The molecule has 19 heavy (non-hydrogen) atoms. The SMILES string of the molecule is CN1CCN(Nc2cc(NN)nc(C3CC3)n2)CC1. The van der Waals surface area contributed by atoms with Crippen LogP contribution in [0, 0.1) is 0 Å². The summed E-state index contributed by atoms with van der Waals surface area (Å²) in [5.74, 6) is 8.38. The second-order valence-corrected chi connectivity index (χ2v) is 5.32. The second-order valence-electron chi connectivity index (χ2n) is 5.32. The number of anilines is 2. The van der Waals surface area contributed by atoms with Crippen molar-refractivity contribution in [1.29, 1.82) is 0 Å². The fourth-order valence-electron chi connectivity index (χ4n) is 2.20. The zero-order chi connectivity index (χ0) is 13.2. The molecule has 2 fully saturated rings. The lowest BCUT2D eigenvalue weighted by atomic mass is 10.3. The largest absolute Gasteiger partial charge is 0.308 e. The maximum absolute atomic E-state index is 5.47. The first kappa shape index (κ1) is 12.6. The van der Waals surface area contributed by atoms with E-state index in [4.69, 9.17) is 5.84 Å². The van der Waals surface area contributed by atoms with Gasteiger partial charge in [-0.05, 0) is 19.9 Å². The molecule has 1 saturated heterocycles. The number of nitrogens with one attached hydrogen (secondary N) is 2. The van der Waals surface area contributed by atoms with Crippen LogP contribution in [0.4, 0.5) is 11.6 Å². The van der Waals surface area contributed by atoms with E-state index in [1.807, 2.05) is 6.07 Å². The number of hydrogen-bond acceptors (Lipinski definition) is 7. The van der Waals surface area contributed by atoms with Crippen LogP contribution >= 0.6 is 0 Å². The predicted octanol–water partition coefficient (Wildman–Crippen LogP) is 0.214. The molecule has 3 rings (SSSR count). The Kier molecular flexibility index (Phi) is 3.50. The summed E-state index contributed by atoms with van der Waals surface area (Å²) in [5.41, 5.74) is 5.98. The highest BCUT2D eigenvalue weighted by molar-refractivity contribution is 5.47. The lowest BCUT2D eigenvalue weighted by Crippen LogP contribution is -2.47. The quantitative estimate of drug-likeness (QED) is 0.529. The van der Waals surface area contributed by atoms with E-state index in [2.05, 4.69) is 37.8 Å². The molecule has 0 unspecified atom stereocenters. The van der Waals surface area contributed by atoms with Crippen LogP contribution in [0.1, 0.15) is 24.6 Å². The van der Waals surface area contributed by atoms with Crippen LogP contribution in [0.15, 0.2) is 6.07 Å². The summed E-state index contributed by atoms with van der Waals surface area (Å²) in [4.78, 5) is 11.3. The Bertz CT molecular complexity index is 438. The van der Waals surface area contributed by atoms with E-state index >= 15 is 0 Å². The maximum Gasteiger partial charge on any atom is 0.146 e. The minimum absolute atomic E-state index is 0.515. The van der Waals surface area contributed by atoms with Crippen LogP contribution < -0.4 is 16.7 Å². The van der Waals surface area contributed by atoms with Gasteiger partial charge in [-0.2, -0.15) is 0 Å². The number of nitrogens with zero attached hydrogens (tertiary/aromatic N) is 4. The molecule has 0 atom stereocenters. The zero-order valence-electron chi connectivity index (χ0n) is 11.3. The highest BCUT2D eigenvalue weighted by atomic mass is 15.5. The highest BCUT2D eigenvalue weighted by Gasteiger charge is 2.27. The number of piperazine rings is 1. The molecular formula is C12H21N7. The van der Waals surface area contributed by atoms with E-state index in [9.17, 15) is 0 Å². The summed E-state index contributed by atoms with van der Waals surface area (Å²) in [6, 6.07) is 1.85. The van der Waals surface area contributed by atoms with Gasteiger partial charge in [0.25, 0.3) is 0 Å². The van der Waals surface area contributed by atoms with Gasteiger partial charge in [0.2, 0.25) is 0 Å². The van der Waals surface area contributed by atoms with Crippen molar-refractivity contribution in [1.82, 2.24) is 19.9 Å². The van der Waals surface area contributed by atoms with Crippen LogP contribution in [0.5, 0.6) is 0 Å². The van der Waals surface area contributed by atoms with E-state index < -0.39 is 0 Å². The molecule has 7 nitrogen and oxygen atoms in total. The summed E-state index contributed by atoms with van der Waals surface area (Å²) in [5, 5.41) is 2.19. The highest BCUT2D eigenvalue weighted by Crippen LogP contribution is 2.38. The van der Waals surface area contributed by atoms with E-state index in [0.717, 1.165) is 37.8 Å². The first-order valence-electron chi connectivity index (χ1n) is 6.80. The Hall–Kier alpha value is -1.44. The lowest BCUT2D eigenvalue weighted by Gasteiger charge is -2.32. The van der Waals surface area contributed by atoms with Crippen molar-refractivity contribution in [3.05, 3.63) is 11.9 Å². The number of likely N-dealkylation sites (N-methyl/N-ethyl adjacent to an activating group) is 1. The third kappa shape index (κ3) is 3.12. The molecule has 1 saturated carbocycles. The van der Waals surface area contributed by atoms with Gasteiger partial charge < -0.3 is 15.8 Å². The van der Waals surface area contributed by atoms with Crippen molar-refractivity contribution in [2.75, 3.05) is 44.1 Å². The molecule has 0 spiro atoms. The van der Waals surface area contributed by atoms with Gasteiger partial charge in [-0.1, -0.05) is 0 Å². The van der Waals surface area contributed by atoms with Crippen molar-refractivity contribution in [3.63, 3.8) is 0 Å². The van der Waals surface area contributed by atoms with Crippen molar-refractivity contribution in [2.24, 2.45) is 5.84 Å². The molecule has 0 radical (unpaired) electrons. The molecule has 2 heterocycles. The van der Waals surface area contributed by atoms with Gasteiger partial charge in [0, 0.05) is 38.2 Å². The average Bonchev–Trinajstić information content (AvgIpc) is 3.25. The Morgan fingerprint density at radius 3 is 2.47 bits per heavy atom. The summed E-state index contributed by atoms with van der Waals surface area (Å²) in [6.45, 7) is 4.11. The summed E-state index contributed by atoms with van der Waals surface area (Å²) in [6.07, 6.45) is 2.37. The number of nitrogen functional groups attached to an aromatic ring is 1. The predicted molar refractivity (Wildman–Crippen MR) is 74.5 cm³/mol. The Balaban J connectivity index is 1.70. The summed E-state index contributed by atoms with van der Waals surface area (Å²) >= 11 is 0. The van der Waals surface area contributed by atoms with E-state index in [1.165, 1.54) is 12.8 Å². The third-order valence-corrected chi connectivity index (χ3v) is 3.61. The van der Waals surface area contributed by atoms with Crippen molar-refractivity contribution < 1.29 is 0 Å². The van der Waals surface area contributed by atoms with Gasteiger partial charge >= 0.3 is 0 Å². The van der Waals surface area contributed by atoms with Crippen LogP contribution in [-0.4, -0.2) is 53.1 Å². The van der Waals surface area contributed by atoms with Gasteiger partial charge in [-0.25, -0.2) is 20.8 Å². The molecular weight excluding hydrogens is 242 g/mol. The normalized spacial score (nSPS) is 21.4. The standard InChI is InChI=1S/C12H21N7/c1-18-4-6-19(7-5-18)17-11-8-10(16-13)14-12(15-11)9-2-3-9/h8-9H,2-7,13H2,1H3,(H2,14,15,16,17). The topological polar surface area (TPSA) is 82.3 Å². The molecule has 1 aliphatic heterocycles. The summed E-state index contributed by atoms with van der Waals surface area (Å²) in [7, 11) is 2.14. The second kappa shape index (κ2) is 5.28. The van der Waals surface area contributed by atoms with Gasteiger partial charge in [0.05, 0.1) is 0 Å². The number of rotatable bonds is 4. The smallest absolute Gasteiger partial charge is 0.146 e. The maximum atomic E-state index is 5.47. The van der Waals surface area contributed by atoms with Crippen LogP contribution in [0.25, 0.3) is 0 Å². The fraction of sp³-hybridized carbons (Fsp3) is 0.667. The Morgan fingerprint density at radius 2 is 1.84 bits per heavy atom. The minimum atomic E-state index is 0.515. The molecule has 2 aliphatic rings. The van der Waals surface area contributed by atoms with E-state index in [0.29, 0.717) is 11.7 Å². The van der Waals surface area contributed by atoms with Gasteiger partial charge in [0.1, 0.15) is 17.5 Å². The molecule has 4 N–H and O–H groups in total. The third-order valence-electron chi connectivity index (χ3n) is 3.61. The van der Waals surface area contributed by atoms with Gasteiger partial charge in [-0.3, -0.25) is 0 Å². The van der Waals surface area contributed by atoms with Crippen LogP contribution in [-0.2, 0) is 0 Å². The monoisotopic (exact) mass is 263 g/mol. The van der Waals surface area contributed by atoms with Crippen molar-refractivity contribution in [2.45, 2.75) is 18.8 Å². The molecule has 7 heteroatoms. The molecule has 1 aliphatic carbocycles. The van der Waals surface area contributed by atoms with Crippen LogP contribution in [0.2, 0.25) is 0 Å². The van der Waals surface area contributed by atoms with Crippen molar-refractivity contribution >= 4 is 11.6 Å². The summed E-state index contributed by atoms with van der Waals surface area (Å²) < 4.78 is 0. The Labute approximate surface area is 113 Å². The van der Waals surface area contributed by atoms with Gasteiger partial charge in [0.15, 0.2) is 0 Å². The van der Waals surface area contributed by atoms with Crippen molar-refractivity contribution in [3.8, 4) is 0 Å². The van der Waals surface area contributed by atoms with Crippen LogP contribution in [0.3, 0.4) is 0 Å². The number of hydrazine groups is 2. The molecule has 1 aromatic rings. The average molecular weight is 263 g/mol. The number of nitrogens with two attached hydrogens (primary N) is 1. The molecule has 1 aromatic heterocycles. The molecule has 0 aromatic carbocycles. The van der Waals surface area contributed by atoms with E-state index in [-0.39, 0.29) is 0 Å². The Morgan fingerprint density at radius 1 is 1.16 bits per heavy atom. The van der Waals surface area contributed by atoms with Gasteiger partial charge in [-0.15, -0.1) is 0 Å². The first-order valence-corrected chi connectivity index (χ1v) is 6.80. The first-order chi connectivity index (χ1) is 9.24. The fourth-order valence-corrected chi connectivity index (χ4v) is 2.20. The minimum Gasteiger partial charge on any atom is -0.308 e. The molecule has 0 bridgehead atoms. The number of hydrogen-bond donors (Lipinski definition) is 3. The lowest BCUT2D eigenvalue weighted by molar-refractivity contribution is 0.178. The van der Waals surface area contributed by atoms with E-state index in [1.54, 1.807) is 0 Å². The molecule has 104 valence electrons. The molecule has 0 amide bonds.